The molecule has 0 spiro atoms. The molecule has 25 heavy (non-hydrogen) atoms. The van der Waals surface area contributed by atoms with Crippen molar-refractivity contribution >= 4 is 0 Å². The van der Waals surface area contributed by atoms with Crippen LogP contribution in [0.1, 0.15) is 90.9 Å². The summed E-state index contributed by atoms with van der Waals surface area (Å²) in [5.74, 6) is 0. The zero-order chi connectivity index (χ0) is 18.2. The van der Waals surface area contributed by atoms with E-state index in [1.807, 2.05) is 6.20 Å². The number of rotatable bonds is 16. The van der Waals surface area contributed by atoms with Crippen LogP contribution in [0.4, 0.5) is 0 Å². The van der Waals surface area contributed by atoms with Crippen molar-refractivity contribution in [1.29, 1.82) is 0 Å². The minimum atomic E-state index is 0.239. The van der Waals surface area contributed by atoms with Crippen LogP contribution >= 0.6 is 0 Å². The van der Waals surface area contributed by atoms with Crippen LogP contribution in [0.15, 0.2) is 24.6 Å². The first-order chi connectivity index (χ1) is 12.3. The Hall–Kier alpha value is -0.800. The summed E-state index contributed by atoms with van der Waals surface area (Å²) < 4.78 is 0.825. The number of nitrogens with one attached hydrogen (secondary N) is 1. The molecule has 2 N–H and O–H groups in total. The highest BCUT2D eigenvalue weighted by molar-refractivity contribution is 4.97. The van der Waals surface area contributed by atoms with Crippen LogP contribution in [0.25, 0.3) is 0 Å². The predicted octanol–water partition coefficient (Wildman–Crippen LogP) is 5.47. The van der Waals surface area contributed by atoms with Gasteiger partial charge in [-0.2, -0.15) is 0 Å². The average Bonchev–Trinajstić information content (AvgIpc) is 3.02. The summed E-state index contributed by atoms with van der Waals surface area (Å²) in [4.78, 5) is 0. The first-order valence-corrected chi connectivity index (χ1v) is 10.9. The molecule has 1 rings (SSSR count). The normalized spacial score (nSPS) is 22.8. The van der Waals surface area contributed by atoms with Gasteiger partial charge in [-0.25, -0.2) is 0 Å². The Morgan fingerprint density at radius 2 is 1.52 bits per heavy atom. The molecule has 0 saturated heterocycles. The fourth-order valence-corrected chi connectivity index (χ4v) is 3.77. The highest BCUT2D eigenvalue weighted by atomic mass is 16.3. The summed E-state index contributed by atoms with van der Waals surface area (Å²) in [6.07, 6.45) is 25.8. The minimum absolute atomic E-state index is 0.239. The second-order valence-electron chi connectivity index (χ2n) is 7.55. The van der Waals surface area contributed by atoms with Crippen LogP contribution in [-0.2, 0) is 0 Å². The first kappa shape index (κ1) is 22.2. The van der Waals surface area contributed by atoms with Crippen molar-refractivity contribution in [2.75, 3.05) is 19.7 Å². The van der Waals surface area contributed by atoms with Crippen LogP contribution in [0.5, 0.6) is 0 Å². The van der Waals surface area contributed by atoms with Gasteiger partial charge in [0.2, 0.25) is 0 Å². The molecule has 2 atom stereocenters. The Kier molecular flexibility index (Phi) is 12.8. The number of allylic oxidation sites excluding steroid dienone is 1. The Bertz CT molecular complexity index is 367. The van der Waals surface area contributed by atoms with E-state index in [9.17, 15) is 5.11 Å². The summed E-state index contributed by atoms with van der Waals surface area (Å²) in [6, 6.07) is 0. The minimum Gasteiger partial charge on any atom is -0.390 e. The maximum absolute atomic E-state index is 9.32. The number of likely N-dealkylation sites (N-methyl/N-ethyl adjacent to an activating group) is 1. The number of hydrogen-bond acceptors (Lipinski definition) is 2. The molecule has 0 aliphatic carbocycles. The smallest absolute Gasteiger partial charge is 0.185 e. The lowest BCUT2D eigenvalue weighted by Crippen LogP contribution is -2.53. The fourth-order valence-electron chi connectivity index (χ4n) is 3.77. The highest BCUT2D eigenvalue weighted by Crippen LogP contribution is 2.19. The van der Waals surface area contributed by atoms with E-state index in [-0.39, 0.29) is 6.61 Å². The summed E-state index contributed by atoms with van der Waals surface area (Å²) in [7, 11) is 0. The molecule has 0 saturated carbocycles. The van der Waals surface area contributed by atoms with E-state index in [4.69, 9.17) is 0 Å². The summed E-state index contributed by atoms with van der Waals surface area (Å²) in [5.41, 5.74) is 0. The second-order valence-corrected chi connectivity index (χ2v) is 7.55. The molecule has 146 valence electrons. The maximum Gasteiger partial charge on any atom is 0.185 e. The van der Waals surface area contributed by atoms with E-state index in [0.717, 1.165) is 17.6 Å². The Morgan fingerprint density at radius 1 is 0.920 bits per heavy atom. The standard InChI is InChI=1S/C22H43N2O/c1-3-5-6-7-8-9-10-11-12-13-14-15-16-17-22-23-18-19-24(22,4-2)20-21-25/h16-19,22-23,25H,3-15,20-21H2,1-2H3/q+1/b17-16+. The fraction of sp³-hybridized carbons (Fsp3) is 0.818. The largest absolute Gasteiger partial charge is 0.390 e. The van der Waals surface area contributed by atoms with E-state index >= 15 is 0 Å². The molecule has 2 unspecified atom stereocenters. The van der Waals surface area contributed by atoms with E-state index in [1.54, 1.807) is 0 Å². The molecule has 0 radical (unpaired) electrons. The van der Waals surface area contributed by atoms with Crippen molar-refractivity contribution in [2.45, 2.75) is 97.1 Å². The van der Waals surface area contributed by atoms with Crippen LogP contribution < -0.4 is 5.32 Å². The molecular formula is C22H43N2O+. The topological polar surface area (TPSA) is 32.3 Å². The van der Waals surface area contributed by atoms with Crippen molar-refractivity contribution in [1.82, 2.24) is 5.32 Å². The predicted molar refractivity (Wildman–Crippen MR) is 109 cm³/mol. The average molecular weight is 352 g/mol. The van der Waals surface area contributed by atoms with Gasteiger partial charge in [0.1, 0.15) is 12.7 Å². The number of unbranched alkanes of at least 4 members (excludes halogenated alkanes) is 11. The quantitative estimate of drug-likeness (QED) is 0.219. The molecular weight excluding hydrogens is 308 g/mol. The molecule has 0 aromatic heterocycles. The molecule has 0 fully saturated rings. The van der Waals surface area contributed by atoms with Gasteiger partial charge < -0.3 is 10.4 Å². The number of nitrogens with zero attached hydrogens (tertiary/aromatic N) is 1. The summed E-state index contributed by atoms with van der Waals surface area (Å²) in [5, 5.41) is 12.7. The lowest BCUT2D eigenvalue weighted by atomic mass is 10.1. The van der Waals surface area contributed by atoms with Gasteiger partial charge in [-0.05, 0) is 25.8 Å². The Morgan fingerprint density at radius 3 is 2.08 bits per heavy atom. The number of aliphatic hydroxyl groups excluding tert-OH is 1. The third-order valence-corrected chi connectivity index (χ3v) is 5.59. The van der Waals surface area contributed by atoms with Crippen molar-refractivity contribution in [3.05, 3.63) is 24.6 Å². The van der Waals surface area contributed by atoms with Crippen molar-refractivity contribution in [3.8, 4) is 0 Å². The number of quaternary nitrogens is 1. The van der Waals surface area contributed by atoms with Crippen LogP contribution in [0.2, 0.25) is 0 Å². The van der Waals surface area contributed by atoms with Crippen molar-refractivity contribution < 1.29 is 9.59 Å². The third-order valence-electron chi connectivity index (χ3n) is 5.59. The number of hydrogen-bond donors (Lipinski definition) is 2. The van der Waals surface area contributed by atoms with Gasteiger partial charge in [-0.15, -0.1) is 0 Å². The Labute approximate surface area is 156 Å². The summed E-state index contributed by atoms with van der Waals surface area (Å²) in [6.45, 7) is 6.51. The molecule has 3 nitrogen and oxygen atoms in total. The molecule has 0 aromatic carbocycles. The summed E-state index contributed by atoms with van der Waals surface area (Å²) >= 11 is 0. The van der Waals surface area contributed by atoms with Crippen LogP contribution in [0, 0.1) is 0 Å². The molecule has 0 amide bonds. The maximum atomic E-state index is 9.32. The molecule has 0 bridgehead atoms. The number of aliphatic hydroxyl groups is 1. The molecule has 1 aliphatic rings. The van der Waals surface area contributed by atoms with E-state index in [2.05, 4.69) is 37.5 Å². The van der Waals surface area contributed by atoms with Gasteiger partial charge in [0.25, 0.3) is 0 Å². The second kappa shape index (κ2) is 14.4. The van der Waals surface area contributed by atoms with Crippen LogP contribution in [-0.4, -0.2) is 35.5 Å². The molecule has 1 heterocycles. The molecule has 0 aromatic rings. The van der Waals surface area contributed by atoms with Gasteiger partial charge in [-0.3, -0.25) is 4.48 Å². The van der Waals surface area contributed by atoms with E-state index < -0.39 is 0 Å². The third kappa shape index (κ3) is 8.91. The van der Waals surface area contributed by atoms with Crippen molar-refractivity contribution in [3.63, 3.8) is 0 Å². The molecule has 1 aliphatic heterocycles. The van der Waals surface area contributed by atoms with Gasteiger partial charge in [0.15, 0.2) is 6.17 Å². The zero-order valence-electron chi connectivity index (χ0n) is 16.9. The van der Waals surface area contributed by atoms with Gasteiger partial charge in [-0.1, -0.05) is 77.2 Å². The first-order valence-electron chi connectivity index (χ1n) is 10.9. The lowest BCUT2D eigenvalue weighted by molar-refractivity contribution is -0.892. The highest BCUT2D eigenvalue weighted by Gasteiger charge is 2.34. The van der Waals surface area contributed by atoms with E-state index in [0.29, 0.717) is 6.17 Å². The zero-order valence-corrected chi connectivity index (χ0v) is 16.9. The van der Waals surface area contributed by atoms with E-state index in [1.165, 1.54) is 77.0 Å². The SMILES string of the molecule is CCCCCCCCCCCCC/C=C/C1NC=C[N+]1(CC)CCO. The van der Waals surface area contributed by atoms with Crippen molar-refractivity contribution in [2.24, 2.45) is 0 Å². The van der Waals surface area contributed by atoms with Gasteiger partial charge in [0, 0.05) is 0 Å². The van der Waals surface area contributed by atoms with Crippen LogP contribution in [0.3, 0.4) is 0 Å². The van der Waals surface area contributed by atoms with Gasteiger partial charge in [0.05, 0.1) is 19.4 Å². The van der Waals surface area contributed by atoms with Gasteiger partial charge >= 0.3 is 0 Å². The molecule has 3 heteroatoms. The Balaban J connectivity index is 2.00. The monoisotopic (exact) mass is 351 g/mol. The lowest BCUT2D eigenvalue weighted by Gasteiger charge is -2.34.